The lowest BCUT2D eigenvalue weighted by molar-refractivity contribution is -0.123. The number of anilines is 1. The van der Waals surface area contributed by atoms with Crippen molar-refractivity contribution >= 4 is 23.5 Å². The molecule has 2 aromatic rings. The van der Waals surface area contributed by atoms with Crippen LogP contribution in [0.15, 0.2) is 54.6 Å². The van der Waals surface area contributed by atoms with Crippen molar-refractivity contribution in [3.63, 3.8) is 0 Å². The summed E-state index contributed by atoms with van der Waals surface area (Å²) in [7, 11) is 0. The smallest absolute Gasteiger partial charge is 0.338 e. The first-order valence-corrected chi connectivity index (χ1v) is 9.82. The summed E-state index contributed by atoms with van der Waals surface area (Å²) in [6.45, 7) is 0.180. The van der Waals surface area contributed by atoms with E-state index in [-0.39, 0.29) is 30.3 Å². The van der Waals surface area contributed by atoms with Crippen LogP contribution in [-0.4, -0.2) is 17.8 Å². The highest BCUT2D eigenvalue weighted by atomic mass is 16.5. The van der Waals surface area contributed by atoms with Crippen molar-refractivity contribution in [1.82, 2.24) is 0 Å². The van der Waals surface area contributed by atoms with Gasteiger partial charge in [-0.3, -0.25) is 14.5 Å². The molecular weight excluding hydrogens is 354 g/mol. The van der Waals surface area contributed by atoms with Crippen LogP contribution in [0, 0.1) is 23.7 Å². The SMILES string of the molecule is O=C(OCc1ccccc1)c1cccc(N2C(=O)[C@H]3[C@@H]4CC[C@@H](C4)[C@@H]3C2=O)c1. The molecule has 3 aliphatic rings. The molecule has 2 aliphatic carbocycles. The zero-order valence-corrected chi connectivity index (χ0v) is 15.4. The lowest BCUT2D eigenvalue weighted by atomic mass is 9.81. The first-order valence-electron chi connectivity index (χ1n) is 9.82. The summed E-state index contributed by atoms with van der Waals surface area (Å²) in [5.41, 5.74) is 1.72. The Kier molecular flexibility index (Phi) is 4.04. The summed E-state index contributed by atoms with van der Waals surface area (Å²) in [5.74, 6) is -0.315. The third kappa shape index (κ3) is 2.65. The van der Waals surface area contributed by atoms with Gasteiger partial charge >= 0.3 is 5.97 Å². The van der Waals surface area contributed by atoms with Crippen molar-refractivity contribution in [1.29, 1.82) is 0 Å². The van der Waals surface area contributed by atoms with Crippen molar-refractivity contribution in [2.75, 3.05) is 4.90 Å². The Bertz CT molecular complexity index is 926. The van der Waals surface area contributed by atoms with E-state index in [1.54, 1.807) is 24.3 Å². The molecule has 5 nitrogen and oxygen atoms in total. The highest BCUT2D eigenvalue weighted by Gasteiger charge is 2.61. The van der Waals surface area contributed by atoms with Gasteiger partial charge in [0.05, 0.1) is 23.1 Å². The van der Waals surface area contributed by atoms with Crippen molar-refractivity contribution in [3.05, 3.63) is 65.7 Å². The highest BCUT2D eigenvalue weighted by Crippen LogP contribution is 2.56. The number of carbonyl (C=O) groups excluding carboxylic acids is 3. The van der Waals surface area contributed by atoms with Gasteiger partial charge in [-0.1, -0.05) is 36.4 Å². The maximum Gasteiger partial charge on any atom is 0.338 e. The molecule has 1 saturated heterocycles. The number of esters is 1. The van der Waals surface area contributed by atoms with Crippen LogP contribution in [0.5, 0.6) is 0 Å². The molecule has 3 fully saturated rings. The highest BCUT2D eigenvalue weighted by molar-refractivity contribution is 6.22. The number of hydrogen-bond donors (Lipinski definition) is 0. The van der Waals surface area contributed by atoms with Crippen LogP contribution in [0.3, 0.4) is 0 Å². The lowest BCUT2D eigenvalue weighted by Gasteiger charge is -2.19. The molecule has 4 atom stereocenters. The Hall–Kier alpha value is -2.95. The molecule has 1 aliphatic heterocycles. The molecular formula is C23H21NO4. The van der Waals surface area contributed by atoms with Gasteiger partial charge in [-0.25, -0.2) is 4.79 Å². The van der Waals surface area contributed by atoms with Crippen molar-refractivity contribution in [2.45, 2.75) is 25.9 Å². The summed E-state index contributed by atoms with van der Waals surface area (Å²) in [5, 5.41) is 0. The molecule has 0 unspecified atom stereocenters. The minimum Gasteiger partial charge on any atom is -0.457 e. The van der Waals surface area contributed by atoms with E-state index in [0.717, 1.165) is 24.8 Å². The van der Waals surface area contributed by atoms with Crippen LogP contribution in [0.1, 0.15) is 35.2 Å². The predicted molar refractivity (Wildman–Crippen MR) is 102 cm³/mol. The van der Waals surface area contributed by atoms with E-state index >= 15 is 0 Å². The van der Waals surface area contributed by atoms with E-state index in [4.69, 9.17) is 4.74 Å². The minimum absolute atomic E-state index is 0.1000. The number of ether oxygens (including phenoxy) is 1. The molecule has 2 amide bonds. The zero-order valence-electron chi connectivity index (χ0n) is 15.4. The number of nitrogens with zero attached hydrogens (tertiary/aromatic N) is 1. The molecule has 5 heteroatoms. The average Bonchev–Trinajstić information content (AvgIpc) is 3.41. The van der Waals surface area contributed by atoms with Crippen molar-refractivity contribution < 1.29 is 19.1 Å². The second-order valence-corrected chi connectivity index (χ2v) is 8.01. The van der Waals surface area contributed by atoms with E-state index in [1.807, 2.05) is 30.3 Å². The van der Waals surface area contributed by atoms with Crippen LogP contribution < -0.4 is 4.90 Å². The first kappa shape index (κ1) is 17.2. The molecule has 1 heterocycles. The fourth-order valence-corrected chi connectivity index (χ4v) is 5.24. The third-order valence-electron chi connectivity index (χ3n) is 6.48. The van der Waals surface area contributed by atoms with Crippen molar-refractivity contribution in [3.8, 4) is 0 Å². The fourth-order valence-electron chi connectivity index (χ4n) is 5.24. The van der Waals surface area contributed by atoms with E-state index in [0.29, 0.717) is 23.1 Å². The van der Waals surface area contributed by atoms with Gasteiger partial charge in [0, 0.05) is 0 Å². The zero-order chi connectivity index (χ0) is 19.3. The Morgan fingerprint density at radius 3 is 2.29 bits per heavy atom. The number of rotatable bonds is 4. The van der Waals surface area contributed by atoms with Crippen LogP contribution in [0.25, 0.3) is 0 Å². The number of imide groups is 1. The van der Waals surface area contributed by atoms with Crippen LogP contribution in [0.4, 0.5) is 5.69 Å². The molecule has 0 spiro atoms. The van der Waals surface area contributed by atoms with E-state index in [1.165, 1.54) is 4.90 Å². The molecule has 5 rings (SSSR count). The molecule has 2 bridgehead atoms. The quantitative estimate of drug-likeness (QED) is 0.605. The Labute approximate surface area is 163 Å². The number of hydrogen-bond acceptors (Lipinski definition) is 4. The Morgan fingerprint density at radius 1 is 0.929 bits per heavy atom. The Balaban J connectivity index is 1.35. The van der Waals surface area contributed by atoms with Gasteiger partial charge in [0.2, 0.25) is 11.8 Å². The maximum absolute atomic E-state index is 13.0. The van der Waals surface area contributed by atoms with E-state index < -0.39 is 5.97 Å². The predicted octanol–water partition coefficient (Wildman–Crippen LogP) is 3.58. The van der Waals surface area contributed by atoms with Gasteiger partial charge in [0.1, 0.15) is 6.61 Å². The summed E-state index contributed by atoms with van der Waals surface area (Å²) >= 11 is 0. The first-order chi connectivity index (χ1) is 13.6. The van der Waals surface area contributed by atoms with Gasteiger partial charge in [-0.05, 0) is 54.9 Å². The second-order valence-electron chi connectivity index (χ2n) is 8.01. The summed E-state index contributed by atoms with van der Waals surface area (Å²) in [6.07, 6.45) is 3.10. The van der Waals surface area contributed by atoms with Gasteiger partial charge < -0.3 is 4.74 Å². The molecule has 142 valence electrons. The monoisotopic (exact) mass is 375 g/mol. The molecule has 28 heavy (non-hydrogen) atoms. The normalized spacial score (nSPS) is 27.9. The average molecular weight is 375 g/mol. The minimum atomic E-state index is -0.468. The van der Waals surface area contributed by atoms with Crippen molar-refractivity contribution in [2.24, 2.45) is 23.7 Å². The van der Waals surface area contributed by atoms with Gasteiger partial charge in [-0.2, -0.15) is 0 Å². The third-order valence-corrected chi connectivity index (χ3v) is 6.48. The number of amides is 2. The standard InChI is InChI=1S/C23H21NO4/c25-21-19-15-9-10-16(11-15)20(19)22(26)24(21)18-8-4-7-17(12-18)23(27)28-13-14-5-2-1-3-6-14/h1-8,12,15-16,19-20H,9-11,13H2/t15-,16+,19-,20-/m0/s1. The second kappa shape index (κ2) is 6.59. The maximum atomic E-state index is 13.0. The van der Waals surface area contributed by atoms with E-state index in [2.05, 4.69) is 0 Å². The van der Waals surface area contributed by atoms with Gasteiger partial charge in [0.15, 0.2) is 0 Å². The van der Waals surface area contributed by atoms with Gasteiger partial charge in [0.25, 0.3) is 0 Å². The molecule has 0 N–H and O–H groups in total. The largest absolute Gasteiger partial charge is 0.457 e. The molecule has 2 saturated carbocycles. The summed E-state index contributed by atoms with van der Waals surface area (Å²) in [4.78, 5) is 39.7. The fraction of sp³-hybridized carbons (Fsp3) is 0.348. The molecule has 0 radical (unpaired) electrons. The van der Waals surface area contributed by atoms with Crippen LogP contribution in [0.2, 0.25) is 0 Å². The molecule has 0 aromatic heterocycles. The van der Waals surface area contributed by atoms with E-state index in [9.17, 15) is 14.4 Å². The number of carbonyl (C=O) groups is 3. The molecule has 2 aromatic carbocycles. The lowest BCUT2D eigenvalue weighted by Crippen LogP contribution is -2.32. The van der Waals surface area contributed by atoms with Crippen LogP contribution >= 0.6 is 0 Å². The number of fused-ring (bicyclic) bond motifs is 5. The van der Waals surface area contributed by atoms with Gasteiger partial charge in [-0.15, -0.1) is 0 Å². The summed E-state index contributed by atoms with van der Waals surface area (Å²) < 4.78 is 5.38. The Morgan fingerprint density at radius 2 is 1.61 bits per heavy atom. The summed E-state index contributed by atoms with van der Waals surface area (Å²) in [6, 6.07) is 16.1. The topological polar surface area (TPSA) is 63.7 Å². The van der Waals surface area contributed by atoms with Crippen LogP contribution in [-0.2, 0) is 20.9 Å². The number of benzene rings is 2.